The zero-order valence-corrected chi connectivity index (χ0v) is 38.0. The number of allylic oxidation sites excluding steroid dienone is 8. The largest absolute Gasteiger partial charge is 0.497 e. The summed E-state index contributed by atoms with van der Waals surface area (Å²) < 4.78 is 16.2. The van der Waals surface area contributed by atoms with Crippen molar-refractivity contribution in [3.63, 3.8) is 0 Å². The quantitative estimate of drug-likeness (QED) is 0.129. The lowest BCUT2D eigenvalue weighted by Gasteiger charge is -2.26. The molecule has 1 unspecified atom stereocenters. The molecule has 5 rings (SSSR count). The first kappa shape index (κ1) is 49.3. The Hall–Kier alpha value is -5.02. The third kappa shape index (κ3) is 18.1. The molecular formula is C51H74N4O5. The number of anilines is 2. The summed E-state index contributed by atoms with van der Waals surface area (Å²) in [7, 11) is 3.82. The van der Waals surface area contributed by atoms with Crippen LogP contribution < -0.4 is 15.5 Å². The highest BCUT2D eigenvalue weighted by Crippen LogP contribution is 2.30. The minimum atomic E-state index is -0.451. The molecule has 1 atom stereocenters. The van der Waals surface area contributed by atoms with Crippen molar-refractivity contribution in [2.45, 2.75) is 112 Å². The number of hydrogen-bond donors (Lipinski definition) is 2. The Morgan fingerprint density at radius 1 is 1.00 bits per heavy atom. The molecule has 9 nitrogen and oxygen atoms in total. The van der Waals surface area contributed by atoms with E-state index in [9.17, 15) is 9.59 Å². The highest BCUT2D eigenvalue weighted by molar-refractivity contribution is 5.86. The predicted octanol–water partition coefficient (Wildman–Crippen LogP) is 11.8. The molecule has 2 aromatic carbocycles. The number of benzene rings is 2. The number of rotatable bonds is 20. The molecule has 9 heteroatoms. The molecule has 0 bridgehead atoms. The van der Waals surface area contributed by atoms with E-state index in [1.165, 1.54) is 54.5 Å². The number of amides is 2. The second-order valence-electron chi connectivity index (χ2n) is 15.5. The summed E-state index contributed by atoms with van der Waals surface area (Å²) in [6, 6.07) is 15.9. The summed E-state index contributed by atoms with van der Waals surface area (Å²) in [5, 5.41) is 6.32. The predicted molar refractivity (Wildman–Crippen MR) is 250 cm³/mol. The van der Waals surface area contributed by atoms with Gasteiger partial charge in [0.2, 0.25) is 5.91 Å². The van der Waals surface area contributed by atoms with Crippen LogP contribution in [-0.4, -0.2) is 63.9 Å². The smallest absolute Gasteiger partial charge is 0.411 e. The SMILES string of the molecule is CC.CCCCCCC(C)Cc1ccc(NC(=O)OCc2ccccc2)cc1N(C)CC1=CC=C(OC)C=CC1.CCOCCNC1=CC=C(N2CCCC2=O)C=C(C)C1. The lowest BCUT2D eigenvalue weighted by Crippen LogP contribution is -2.22. The van der Waals surface area contributed by atoms with Crippen molar-refractivity contribution in [3.05, 3.63) is 130 Å². The summed E-state index contributed by atoms with van der Waals surface area (Å²) in [5.41, 5.74) is 8.90. The van der Waals surface area contributed by atoms with Crippen LogP contribution in [0, 0.1) is 5.92 Å². The van der Waals surface area contributed by atoms with Gasteiger partial charge >= 0.3 is 6.09 Å². The van der Waals surface area contributed by atoms with Crippen molar-refractivity contribution in [1.29, 1.82) is 0 Å². The standard InChI is InChI=1S/C33H44N2O3.C16H24N2O2.C2H6/c1-5-6-7-9-13-26(2)22-29-19-20-30(34-33(36)38-25-28-14-10-8-11-15-28)23-32(29)35(3)24-27-16-12-17-31(37-4)21-18-27;1-3-20-10-8-17-14-6-7-15(12-13(2)11-14)18-9-4-5-16(18)19;1-2/h8,10-12,14-15,17-21,23,26H,5-7,9,13,16,22,24-25H2,1-4H3,(H,34,36);6-7,12,17H,3-5,8-11H2,1-2H3;1-2H3. The molecule has 0 spiro atoms. The number of likely N-dealkylation sites (N-methyl/N-ethyl adjacent to an activating group) is 1. The number of nitrogens with zero attached hydrogens (tertiary/aromatic N) is 2. The monoisotopic (exact) mass is 823 g/mol. The van der Waals surface area contributed by atoms with Crippen molar-refractivity contribution in [2.75, 3.05) is 57.2 Å². The molecular weight excluding hydrogens is 749 g/mol. The van der Waals surface area contributed by atoms with Crippen LogP contribution in [0.1, 0.15) is 110 Å². The summed E-state index contributed by atoms with van der Waals surface area (Å²) >= 11 is 0. The zero-order chi connectivity index (χ0) is 43.5. The van der Waals surface area contributed by atoms with E-state index in [4.69, 9.17) is 14.2 Å². The molecule has 2 amide bonds. The molecule has 1 aliphatic heterocycles. The molecule has 0 saturated carbocycles. The van der Waals surface area contributed by atoms with E-state index in [0.29, 0.717) is 12.3 Å². The van der Waals surface area contributed by atoms with Gasteiger partial charge in [-0.3, -0.25) is 10.1 Å². The third-order valence-electron chi connectivity index (χ3n) is 10.4. The zero-order valence-electron chi connectivity index (χ0n) is 38.0. The number of likely N-dealkylation sites (tertiary alicyclic amines) is 1. The Morgan fingerprint density at radius 2 is 1.80 bits per heavy atom. The van der Waals surface area contributed by atoms with Crippen LogP contribution in [0.25, 0.3) is 0 Å². The third-order valence-corrected chi connectivity index (χ3v) is 10.4. The van der Waals surface area contributed by atoms with Gasteiger partial charge in [-0.25, -0.2) is 4.79 Å². The Balaban J connectivity index is 0.000000366. The topological polar surface area (TPSA) is 92.4 Å². The molecule has 2 N–H and O–H groups in total. The van der Waals surface area contributed by atoms with E-state index in [0.717, 1.165) is 86.9 Å². The van der Waals surface area contributed by atoms with Crippen LogP contribution in [0.5, 0.6) is 0 Å². The van der Waals surface area contributed by atoms with E-state index in [2.05, 4.69) is 79.8 Å². The van der Waals surface area contributed by atoms with Gasteiger partial charge in [-0.05, 0) is 98.2 Å². The minimum Gasteiger partial charge on any atom is -0.497 e. The van der Waals surface area contributed by atoms with E-state index in [1.54, 1.807) is 7.11 Å². The van der Waals surface area contributed by atoms with Gasteiger partial charge in [-0.2, -0.15) is 0 Å². The van der Waals surface area contributed by atoms with Gasteiger partial charge in [0.05, 0.1) is 13.7 Å². The van der Waals surface area contributed by atoms with Gasteiger partial charge in [-0.15, -0.1) is 0 Å². The average molecular weight is 823 g/mol. The van der Waals surface area contributed by atoms with E-state index < -0.39 is 6.09 Å². The Bertz CT molecular complexity index is 1790. The highest BCUT2D eigenvalue weighted by Gasteiger charge is 2.23. The lowest BCUT2D eigenvalue weighted by atomic mass is 9.93. The van der Waals surface area contributed by atoms with Gasteiger partial charge in [0.15, 0.2) is 0 Å². The van der Waals surface area contributed by atoms with Crippen molar-refractivity contribution >= 4 is 23.4 Å². The molecule has 0 aromatic heterocycles. The molecule has 0 radical (unpaired) electrons. The van der Waals surface area contributed by atoms with Crippen molar-refractivity contribution in [3.8, 4) is 0 Å². The maximum atomic E-state index is 12.5. The molecule has 328 valence electrons. The first-order valence-corrected chi connectivity index (χ1v) is 22.3. The number of nitrogens with one attached hydrogen (secondary N) is 2. The summed E-state index contributed by atoms with van der Waals surface area (Å²) in [4.78, 5) is 28.5. The number of methoxy groups -OCH3 is 1. The van der Waals surface area contributed by atoms with Crippen molar-refractivity contribution in [2.24, 2.45) is 5.92 Å². The molecule has 60 heavy (non-hydrogen) atoms. The van der Waals surface area contributed by atoms with Crippen LogP contribution >= 0.6 is 0 Å². The summed E-state index contributed by atoms with van der Waals surface area (Å²) in [5.74, 6) is 1.70. The minimum absolute atomic E-state index is 0.237. The highest BCUT2D eigenvalue weighted by atomic mass is 16.5. The number of carbonyl (C=O) groups is 2. The van der Waals surface area contributed by atoms with E-state index >= 15 is 0 Å². The van der Waals surface area contributed by atoms with E-state index in [1.807, 2.05) is 80.3 Å². The van der Waals surface area contributed by atoms with E-state index in [-0.39, 0.29) is 12.5 Å². The molecule has 1 fully saturated rings. The van der Waals surface area contributed by atoms with Gasteiger partial charge in [0.1, 0.15) is 12.4 Å². The van der Waals surface area contributed by atoms with Crippen LogP contribution in [0.4, 0.5) is 16.2 Å². The van der Waals surface area contributed by atoms with Gasteiger partial charge in [0, 0.05) is 68.9 Å². The van der Waals surface area contributed by atoms with Crippen molar-refractivity contribution in [1.82, 2.24) is 10.2 Å². The first-order chi connectivity index (χ1) is 29.2. The Morgan fingerprint density at radius 3 is 2.52 bits per heavy atom. The Labute approximate surface area is 362 Å². The van der Waals surface area contributed by atoms with Crippen molar-refractivity contribution < 1.29 is 23.8 Å². The van der Waals surface area contributed by atoms with Gasteiger partial charge < -0.3 is 29.3 Å². The van der Waals surface area contributed by atoms with Gasteiger partial charge in [-0.1, -0.05) is 114 Å². The normalized spacial score (nSPS) is 15.2. The number of ether oxygens (including phenoxy) is 3. The molecule has 2 aromatic rings. The Kier molecular flexibility index (Phi) is 23.4. The molecule has 1 heterocycles. The maximum Gasteiger partial charge on any atom is 0.411 e. The lowest BCUT2D eigenvalue weighted by molar-refractivity contribution is -0.125. The fourth-order valence-corrected chi connectivity index (χ4v) is 7.27. The fourth-order valence-electron chi connectivity index (χ4n) is 7.27. The van der Waals surface area contributed by atoms with Crippen LogP contribution in [0.15, 0.2) is 119 Å². The first-order valence-electron chi connectivity index (χ1n) is 22.3. The van der Waals surface area contributed by atoms with Crippen LogP contribution in [-0.2, 0) is 32.0 Å². The second kappa shape index (κ2) is 28.4. The second-order valence-corrected chi connectivity index (χ2v) is 15.5. The van der Waals surface area contributed by atoms with Crippen LogP contribution in [0.3, 0.4) is 0 Å². The average Bonchev–Trinajstić information content (AvgIpc) is 3.43. The maximum absolute atomic E-state index is 12.5. The van der Waals surface area contributed by atoms with Crippen LogP contribution in [0.2, 0.25) is 0 Å². The molecule has 1 saturated heterocycles. The number of unbranched alkanes of at least 4 members (excludes halogenated alkanes) is 3. The fraction of sp³-hybridized carbons (Fsp3) is 0.490. The number of hydrogen-bond acceptors (Lipinski definition) is 7. The number of carbonyl (C=O) groups excluding carboxylic acids is 2. The molecule has 3 aliphatic rings. The van der Waals surface area contributed by atoms with Gasteiger partial charge in [0.25, 0.3) is 0 Å². The molecule has 2 aliphatic carbocycles. The summed E-state index contributed by atoms with van der Waals surface area (Å²) in [6.07, 6.45) is 24.9. The summed E-state index contributed by atoms with van der Waals surface area (Å²) in [6.45, 7) is 16.9.